The minimum absolute atomic E-state index is 0.200. The lowest BCUT2D eigenvalue weighted by atomic mass is 10.1. The Kier molecular flexibility index (Phi) is 5.41. The van der Waals surface area contributed by atoms with Crippen molar-refractivity contribution in [3.63, 3.8) is 0 Å². The SMILES string of the molecule is CCCn1c(=O)[nH]c(=O)c2cc(C(=O)NC(C)c3cccc(Cl)c3)cnc21. The van der Waals surface area contributed by atoms with Gasteiger partial charge in [-0.15, -0.1) is 0 Å². The summed E-state index contributed by atoms with van der Waals surface area (Å²) in [4.78, 5) is 43.2. The average molecular weight is 387 g/mol. The number of aromatic nitrogens is 3. The van der Waals surface area contributed by atoms with Crippen LogP contribution in [0.5, 0.6) is 0 Å². The van der Waals surface area contributed by atoms with E-state index in [1.807, 2.05) is 26.0 Å². The standard InChI is InChI=1S/C19H19ClN4O3/c1-3-7-24-16-15(18(26)23-19(24)27)9-13(10-21-16)17(25)22-11(2)12-5-4-6-14(20)8-12/h4-6,8-11H,3,7H2,1-2H3,(H,22,25)(H,23,26,27). The van der Waals surface area contributed by atoms with E-state index in [2.05, 4.69) is 15.3 Å². The fourth-order valence-corrected chi connectivity index (χ4v) is 3.06. The summed E-state index contributed by atoms with van der Waals surface area (Å²) in [6.07, 6.45) is 2.08. The molecule has 140 valence electrons. The predicted octanol–water partition coefficient (Wildman–Crippen LogP) is 2.64. The third-order valence-corrected chi connectivity index (χ3v) is 4.47. The van der Waals surface area contributed by atoms with Gasteiger partial charge in [0.2, 0.25) is 0 Å². The number of H-pyrrole nitrogens is 1. The Morgan fingerprint density at radius 1 is 1.33 bits per heavy atom. The Morgan fingerprint density at radius 2 is 2.11 bits per heavy atom. The highest BCUT2D eigenvalue weighted by Crippen LogP contribution is 2.18. The quantitative estimate of drug-likeness (QED) is 0.704. The normalized spacial score (nSPS) is 12.1. The lowest BCUT2D eigenvalue weighted by Gasteiger charge is -2.15. The van der Waals surface area contributed by atoms with Crippen LogP contribution in [-0.2, 0) is 6.54 Å². The zero-order valence-corrected chi connectivity index (χ0v) is 15.7. The molecule has 1 amide bonds. The fraction of sp³-hybridized carbons (Fsp3) is 0.263. The minimum atomic E-state index is -0.563. The summed E-state index contributed by atoms with van der Waals surface area (Å²) in [5.41, 5.74) is 0.300. The molecule has 7 nitrogen and oxygen atoms in total. The van der Waals surface area contributed by atoms with Gasteiger partial charge in [0, 0.05) is 17.8 Å². The van der Waals surface area contributed by atoms with Crippen LogP contribution in [0.2, 0.25) is 5.02 Å². The van der Waals surface area contributed by atoms with Gasteiger partial charge in [-0.25, -0.2) is 9.78 Å². The van der Waals surface area contributed by atoms with Gasteiger partial charge >= 0.3 is 5.69 Å². The summed E-state index contributed by atoms with van der Waals surface area (Å²) in [5.74, 6) is -0.371. The van der Waals surface area contributed by atoms with Crippen molar-refractivity contribution in [3.05, 3.63) is 73.5 Å². The molecule has 3 aromatic rings. The molecule has 0 saturated heterocycles. The van der Waals surface area contributed by atoms with Gasteiger partial charge in [0.15, 0.2) is 0 Å². The van der Waals surface area contributed by atoms with E-state index in [4.69, 9.17) is 11.6 Å². The Bertz CT molecular complexity index is 1120. The Balaban J connectivity index is 1.94. The number of fused-ring (bicyclic) bond motifs is 1. The first-order chi connectivity index (χ1) is 12.9. The molecule has 0 radical (unpaired) electrons. The Morgan fingerprint density at radius 3 is 2.81 bits per heavy atom. The first-order valence-corrected chi connectivity index (χ1v) is 8.97. The maximum atomic E-state index is 12.6. The van der Waals surface area contributed by atoms with Gasteiger partial charge in [-0.05, 0) is 37.1 Å². The van der Waals surface area contributed by atoms with E-state index in [0.29, 0.717) is 18.0 Å². The van der Waals surface area contributed by atoms with Gasteiger partial charge in [0.05, 0.1) is 17.0 Å². The number of hydrogen-bond donors (Lipinski definition) is 2. The van der Waals surface area contributed by atoms with E-state index in [1.54, 1.807) is 12.1 Å². The Labute approximate surface area is 160 Å². The number of hydrogen-bond acceptors (Lipinski definition) is 4. The monoisotopic (exact) mass is 386 g/mol. The second-order valence-corrected chi connectivity index (χ2v) is 6.69. The zero-order chi connectivity index (χ0) is 19.6. The summed E-state index contributed by atoms with van der Waals surface area (Å²) < 4.78 is 1.40. The summed E-state index contributed by atoms with van der Waals surface area (Å²) >= 11 is 5.99. The van der Waals surface area contributed by atoms with Crippen molar-refractivity contribution in [2.45, 2.75) is 32.9 Å². The van der Waals surface area contributed by atoms with Crippen molar-refractivity contribution in [3.8, 4) is 0 Å². The molecule has 0 aliphatic heterocycles. The van der Waals surface area contributed by atoms with Crippen LogP contribution >= 0.6 is 11.6 Å². The molecular formula is C19H19ClN4O3. The number of carbonyl (C=O) groups excluding carboxylic acids is 1. The summed E-state index contributed by atoms with van der Waals surface area (Å²) in [7, 11) is 0. The predicted molar refractivity (Wildman–Crippen MR) is 104 cm³/mol. The first kappa shape index (κ1) is 18.8. The van der Waals surface area contributed by atoms with Crippen LogP contribution < -0.4 is 16.6 Å². The highest BCUT2D eigenvalue weighted by atomic mass is 35.5. The summed E-state index contributed by atoms with van der Waals surface area (Å²) in [6.45, 7) is 4.18. The van der Waals surface area contributed by atoms with Crippen LogP contribution in [0.4, 0.5) is 0 Å². The molecule has 2 heterocycles. The highest BCUT2D eigenvalue weighted by molar-refractivity contribution is 6.30. The maximum Gasteiger partial charge on any atom is 0.329 e. The molecule has 27 heavy (non-hydrogen) atoms. The molecule has 2 N–H and O–H groups in total. The van der Waals surface area contributed by atoms with E-state index in [0.717, 1.165) is 5.56 Å². The van der Waals surface area contributed by atoms with Gasteiger partial charge in [0.1, 0.15) is 5.65 Å². The third kappa shape index (κ3) is 3.93. The van der Waals surface area contributed by atoms with Crippen LogP contribution in [0.1, 0.15) is 42.2 Å². The minimum Gasteiger partial charge on any atom is -0.345 e. The number of benzene rings is 1. The number of nitrogens with zero attached hydrogens (tertiary/aromatic N) is 2. The van der Waals surface area contributed by atoms with Gasteiger partial charge < -0.3 is 5.32 Å². The van der Waals surface area contributed by atoms with Crippen LogP contribution in [0, 0.1) is 0 Å². The molecule has 1 aromatic carbocycles. The van der Waals surface area contributed by atoms with E-state index in [1.165, 1.54) is 16.8 Å². The molecule has 0 aliphatic rings. The molecule has 0 spiro atoms. The van der Waals surface area contributed by atoms with Crippen molar-refractivity contribution < 1.29 is 4.79 Å². The van der Waals surface area contributed by atoms with Crippen molar-refractivity contribution in [2.75, 3.05) is 0 Å². The average Bonchev–Trinajstić information content (AvgIpc) is 2.64. The molecule has 0 bridgehead atoms. The molecule has 8 heteroatoms. The molecule has 0 aliphatic carbocycles. The number of pyridine rings is 1. The number of amides is 1. The lowest BCUT2D eigenvalue weighted by Crippen LogP contribution is -2.31. The van der Waals surface area contributed by atoms with Crippen molar-refractivity contribution >= 4 is 28.5 Å². The maximum absolute atomic E-state index is 12.6. The topological polar surface area (TPSA) is 96.9 Å². The Hall–Kier alpha value is -2.93. The highest BCUT2D eigenvalue weighted by Gasteiger charge is 2.15. The van der Waals surface area contributed by atoms with Crippen LogP contribution in [0.25, 0.3) is 11.0 Å². The van der Waals surface area contributed by atoms with Crippen LogP contribution in [0.3, 0.4) is 0 Å². The molecule has 1 unspecified atom stereocenters. The van der Waals surface area contributed by atoms with Crippen molar-refractivity contribution in [2.24, 2.45) is 0 Å². The van der Waals surface area contributed by atoms with Gasteiger partial charge in [0.25, 0.3) is 11.5 Å². The van der Waals surface area contributed by atoms with Gasteiger partial charge in [-0.2, -0.15) is 0 Å². The molecule has 0 saturated carbocycles. The number of halogens is 1. The number of rotatable bonds is 5. The summed E-state index contributed by atoms with van der Waals surface area (Å²) in [5, 5.41) is 3.64. The number of aromatic amines is 1. The lowest BCUT2D eigenvalue weighted by molar-refractivity contribution is 0.0939. The number of aryl methyl sites for hydroxylation is 1. The third-order valence-electron chi connectivity index (χ3n) is 4.24. The van der Waals surface area contributed by atoms with Gasteiger partial charge in [-0.3, -0.25) is 19.1 Å². The van der Waals surface area contributed by atoms with Crippen molar-refractivity contribution in [1.82, 2.24) is 19.9 Å². The van der Waals surface area contributed by atoms with E-state index < -0.39 is 11.2 Å². The number of carbonyl (C=O) groups is 1. The molecular weight excluding hydrogens is 368 g/mol. The largest absolute Gasteiger partial charge is 0.345 e. The second-order valence-electron chi connectivity index (χ2n) is 6.26. The second kappa shape index (κ2) is 7.75. The molecule has 0 fully saturated rings. The first-order valence-electron chi connectivity index (χ1n) is 8.60. The van der Waals surface area contributed by atoms with Gasteiger partial charge in [-0.1, -0.05) is 30.7 Å². The van der Waals surface area contributed by atoms with E-state index in [9.17, 15) is 14.4 Å². The van der Waals surface area contributed by atoms with Crippen LogP contribution in [-0.4, -0.2) is 20.4 Å². The van der Waals surface area contributed by atoms with Crippen LogP contribution in [0.15, 0.2) is 46.1 Å². The summed E-state index contributed by atoms with van der Waals surface area (Å²) in [6, 6.07) is 8.38. The zero-order valence-electron chi connectivity index (χ0n) is 15.0. The molecule has 2 aromatic heterocycles. The molecule has 1 atom stereocenters. The fourth-order valence-electron chi connectivity index (χ4n) is 2.86. The number of nitrogens with one attached hydrogen (secondary N) is 2. The smallest absolute Gasteiger partial charge is 0.329 e. The molecule has 3 rings (SSSR count). The van der Waals surface area contributed by atoms with Crippen molar-refractivity contribution in [1.29, 1.82) is 0 Å². The van der Waals surface area contributed by atoms with E-state index in [-0.39, 0.29) is 28.5 Å². The van der Waals surface area contributed by atoms with E-state index >= 15 is 0 Å².